The summed E-state index contributed by atoms with van der Waals surface area (Å²) < 4.78 is 0. The molecule has 0 N–H and O–H groups in total. The third kappa shape index (κ3) is 4.25. The maximum atomic E-state index is 12.2. The third-order valence-corrected chi connectivity index (χ3v) is 4.48. The van der Waals surface area contributed by atoms with Gasteiger partial charge in [0.1, 0.15) is 0 Å². The quantitative estimate of drug-likeness (QED) is 0.767. The number of carbonyl (C=O) groups is 1. The fourth-order valence-corrected chi connectivity index (χ4v) is 3.03. The molecular weight excluding hydrogens is 280 g/mol. The summed E-state index contributed by atoms with van der Waals surface area (Å²) in [5, 5.41) is 8.90. The van der Waals surface area contributed by atoms with E-state index in [4.69, 9.17) is 5.26 Å². The topological polar surface area (TPSA) is 44.1 Å². The Morgan fingerprint density at radius 3 is 2.81 bits per heavy atom. The minimum absolute atomic E-state index is 0.152. The second-order valence-corrected chi connectivity index (χ2v) is 6.20. The number of hydrogen-bond donors (Lipinski definition) is 0. The van der Waals surface area contributed by atoms with Crippen LogP contribution in [0.5, 0.6) is 0 Å². The molecule has 21 heavy (non-hydrogen) atoms. The van der Waals surface area contributed by atoms with E-state index >= 15 is 0 Å². The number of nitriles is 1. The Morgan fingerprint density at radius 1 is 1.33 bits per heavy atom. The maximum absolute atomic E-state index is 12.2. The van der Waals surface area contributed by atoms with Crippen LogP contribution in [0.3, 0.4) is 0 Å². The molecule has 4 heteroatoms. The Morgan fingerprint density at radius 2 is 2.14 bits per heavy atom. The summed E-state index contributed by atoms with van der Waals surface area (Å²) in [4.78, 5) is 16.3. The van der Waals surface area contributed by atoms with Crippen molar-refractivity contribution in [3.63, 3.8) is 0 Å². The van der Waals surface area contributed by atoms with Crippen molar-refractivity contribution in [2.45, 2.75) is 19.9 Å². The third-order valence-electron chi connectivity index (χ3n) is 3.21. The monoisotopic (exact) mass is 298 g/mol. The van der Waals surface area contributed by atoms with Crippen molar-refractivity contribution in [1.29, 1.82) is 5.26 Å². The highest BCUT2D eigenvalue weighted by Crippen LogP contribution is 2.18. The highest BCUT2D eigenvalue weighted by molar-refractivity contribution is 7.14. The molecule has 2 aromatic rings. The normalized spacial score (nSPS) is 10.6. The van der Waals surface area contributed by atoms with Gasteiger partial charge in [-0.3, -0.25) is 9.69 Å². The van der Waals surface area contributed by atoms with Gasteiger partial charge in [-0.25, -0.2) is 0 Å². The summed E-state index contributed by atoms with van der Waals surface area (Å²) >= 11 is 1.58. The average molecular weight is 298 g/mol. The Hall–Kier alpha value is -1.96. The number of benzene rings is 1. The van der Waals surface area contributed by atoms with Crippen molar-refractivity contribution in [3.8, 4) is 6.07 Å². The molecule has 0 amide bonds. The van der Waals surface area contributed by atoms with Gasteiger partial charge in [0.05, 0.1) is 23.1 Å². The van der Waals surface area contributed by atoms with Crippen LogP contribution in [0, 0.1) is 11.3 Å². The number of rotatable bonds is 6. The summed E-state index contributed by atoms with van der Waals surface area (Å²) in [5.74, 6) is 0.152. The van der Waals surface area contributed by atoms with Gasteiger partial charge in [0.25, 0.3) is 0 Å². The predicted molar refractivity (Wildman–Crippen MR) is 85.5 cm³/mol. The van der Waals surface area contributed by atoms with E-state index in [1.165, 1.54) is 4.88 Å². The Bertz CT molecular complexity index is 669. The first kappa shape index (κ1) is 15.4. The maximum Gasteiger partial charge on any atom is 0.186 e. The minimum Gasteiger partial charge on any atom is -0.295 e. The van der Waals surface area contributed by atoms with Crippen LogP contribution in [0.25, 0.3) is 0 Å². The Labute approximate surface area is 129 Å². The molecular formula is C17H18N2OS. The first-order valence-electron chi connectivity index (χ1n) is 6.92. The summed E-state index contributed by atoms with van der Waals surface area (Å²) in [6.07, 6.45) is 0.967. The lowest BCUT2D eigenvalue weighted by Crippen LogP contribution is -2.25. The molecule has 0 unspecified atom stereocenters. The summed E-state index contributed by atoms with van der Waals surface area (Å²) in [6, 6.07) is 13.6. The first-order chi connectivity index (χ1) is 10.1. The van der Waals surface area contributed by atoms with Crippen molar-refractivity contribution >= 4 is 17.1 Å². The molecule has 108 valence electrons. The Kier molecular flexibility index (Phi) is 5.26. The largest absolute Gasteiger partial charge is 0.295 e. The summed E-state index contributed by atoms with van der Waals surface area (Å²) in [7, 11) is 1.92. The van der Waals surface area contributed by atoms with Crippen LogP contribution in [0.2, 0.25) is 0 Å². The number of ketones is 1. The summed E-state index contributed by atoms with van der Waals surface area (Å²) in [6.45, 7) is 3.14. The van der Waals surface area contributed by atoms with Gasteiger partial charge in [0.2, 0.25) is 0 Å². The standard InChI is InChI=1S/C17H18N2OS/c1-3-15-7-8-17(21-15)16(20)12-19(2)11-14-6-4-5-13(9-14)10-18/h4-9H,3,11-12H2,1-2H3. The molecule has 2 rings (SSSR count). The van der Waals surface area contributed by atoms with Crippen LogP contribution in [-0.2, 0) is 13.0 Å². The molecule has 0 aliphatic rings. The van der Waals surface area contributed by atoms with Crippen molar-refractivity contribution in [3.05, 3.63) is 57.3 Å². The fraction of sp³-hybridized carbons (Fsp3) is 0.294. The van der Waals surface area contributed by atoms with Crippen LogP contribution in [-0.4, -0.2) is 24.3 Å². The molecule has 0 saturated heterocycles. The molecule has 0 radical (unpaired) electrons. The van der Waals surface area contributed by atoms with E-state index in [0.717, 1.165) is 16.9 Å². The van der Waals surface area contributed by atoms with Gasteiger partial charge in [0, 0.05) is 11.4 Å². The molecule has 0 bridgehead atoms. The van der Waals surface area contributed by atoms with E-state index < -0.39 is 0 Å². The zero-order valence-electron chi connectivity index (χ0n) is 12.3. The van der Waals surface area contributed by atoms with Gasteiger partial charge in [-0.15, -0.1) is 11.3 Å². The molecule has 0 fully saturated rings. The first-order valence-corrected chi connectivity index (χ1v) is 7.73. The second-order valence-electron chi connectivity index (χ2n) is 5.03. The van der Waals surface area contributed by atoms with E-state index in [9.17, 15) is 4.79 Å². The lowest BCUT2D eigenvalue weighted by Gasteiger charge is -2.15. The van der Waals surface area contributed by atoms with Crippen LogP contribution in [0.4, 0.5) is 0 Å². The van der Waals surface area contributed by atoms with Gasteiger partial charge < -0.3 is 0 Å². The number of hydrogen-bond acceptors (Lipinski definition) is 4. The number of aryl methyl sites for hydroxylation is 1. The lowest BCUT2D eigenvalue weighted by atomic mass is 10.1. The van der Waals surface area contributed by atoms with E-state index in [2.05, 4.69) is 13.0 Å². The molecule has 1 aromatic heterocycles. The zero-order chi connectivity index (χ0) is 15.2. The number of carbonyl (C=O) groups excluding carboxylic acids is 1. The van der Waals surface area contributed by atoms with E-state index in [1.54, 1.807) is 17.4 Å². The van der Waals surface area contributed by atoms with E-state index in [1.807, 2.05) is 42.3 Å². The average Bonchev–Trinajstić information content (AvgIpc) is 2.96. The van der Waals surface area contributed by atoms with Crippen molar-refractivity contribution in [2.24, 2.45) is 0 Å². The number of nitrogens with zero attached hydrogens (tertiary/aromatic N) is 2. The molecule has 0 aliphatic heterocycles. The van der Waals surface area contributed by atoms with Gasteiger partial charge in [0.15, 0.2) is 5.78 Å². The minimum atomic E-state index is 0.152. The smallest absolute Gasteiger partial charge is 0.186 e. The number of Topliss-reactive ketones (excluding diaryl/α,β-unsaturated/α-hetero) is 1. The van der Waals surface area contributed by atoms with Crippen LogP contribution in [0.15, 0.2) is 36.4 Å². The van der Waals surface area contributed by atoms with Crippen molar-refractivity contribution < 1.29 is 4.79 Å². The highest BCUT2D eigenvalue weighted by atomic mass is 32.1. The van der Waals surface area contributed by atoms with Gasteiger partial charge in [-0.05, 0) is 43.3 Å². The van der Waals surface area contributed by atoms with Gasteiger partial charge in [-0.2, -0.15) is 5.26 Å². The predicted octanol–water partition coefficient (Wildman–Crippen LogP) is 3.50. The van der Waals surface area contributed by atoms with Crippen LogP contribution in [0.1, 0.15) is 32.6 Å². The molecule has 0 atom stereocenters. The SMILES string of the molecule is CCc1ccc(C(=O)CN(C)Cc2cccc(C#N)c2)s1. The van der Waals surface area contributed by atoms with Crippen molar-refractivity contribution in [1.82, 2.24) is 4.90 Å². The lowest BCUT2D eigenvalue weighted by molar-refractivity contribution is 0.0947. The number of thiophene rings is 1. The zero-order valence-corrected chi connectivity index (χ0v) is 13.1. The molecule has 3 nitrogen and oxygen atoms in total. The molecule has 1 heterocycles. The van der Waals surface area contributed by atoms with Gasteiger partial charge >= 0.3 is 0 Å². The van der Waals surface area contributed by atoms with Crippen LogP contribution >= 0.6 is 11.3 Å². The van der Waals surface area contributed by atoms with Gasteiger partial charge in [-0.1, -0.05) is 19.1 Å². The summed E-state index contributed by atoms with van der Waals surface area (Å²) in [5.41, 5.74) is 1.70. The number of likely N-dealkylation sites (N-methyl/N-ethyl adjacent to an activating group) is 1. The fourth-order valence-electron chi connectivity index (χ4n) is 2.15. The molecule has 0 saturated carbocycles. The highest BCUT2D eigenvalue weighted by Gasteiger charge is 2.12. The van der Waals surface area contributed by atoms with E-state index in [-0.39, 0.29) is 5.78 Å². The molecule has 0 spiro atoms. The molecule has 0 aliphatic carbocycles. The Balaban J connectivity index is 1.96. The van der Waals surface area contributed by atoms with Crippen molar-refractivity contribution in [2.75, 3.05) is 13.6 Å². The molecule has 1 aromatic carbocycles. The second kappa shape index (κ2) is 7.16. The van der Waals surface area contributed by atoms with Crippen LogP contribution < -0.4 is 0 Å². The van der Waals surface area contributed by atoms with E-state index in [0.29, 0.717) is 18.7 Å².